The molecular weight excluding hydrogens is 684 g/mol. The number of benzene rings is 2. The third-order valence-electron chi connectivity index (χ3n) is 9.36. The summed E-state index contributed by atoms with van der Waals surface area (Å²) in [6.07, 6.45) is 4.86. The van der Waals surface area contributed by atoms with Gasteiger partial charge in [0.05, 0.1) is 62.6 Å². The Balaban J connectivity index is 0.000000281. The fourth-order valence-electron chi connectivity index (χ4n) is 6.69. The Morgan fingerprint density at radius 3 is 1.40 bits per heavy atom. The minimum absolute atomic E-state index is 0.0659. The minimum atomic E-state index is -0.587. The number of hydrogen-bond donors (Lipinski definition) is 0. The van der Waals surface area contributed by atoms with Gasteiger partial charge < -0.3 is 43.0 Å². The SMILES string of the molecule is COc1cc(COC(=O)N2C(C)CCCC2C)c([N+](=O)[O-])c(OC)c1OC.COc1cc(COC(=O)N2C(C)CCCC2C)c([N+](=O)[O-])cc1OC. The molecule has 4 rings (SSSR count). The van der Waals surface area contributed by atoms with Gasteiger partial charge in [0.25, 0.3) is 5.69 Å². The van der Waals surface area contributed by atoms with E-state index >= 15 is 0 Å². The highest BCUT2D eigenvalue weighted by Gasteiger charge is 2.34. The minimum Gasteiger partial charge on any atom is -0.493 e. The Labute approximate surface area is 303 Å². The molecule has 0 N–H and O–H groups in total. The number of amides is 2. The van der Waals surface area contributed by atoms with E-state index < -0.39 is 22.0 Å². The van der Waals surface area contributed by atoms with E-state index in [1.54, 1.807) is 9.80 Å². The number of carbonyl (C=O) groups excluding carboxylic acids is 2. The van der Waals surface area contributed by atoms with Crippen LogP contribution in [-0.4, -0.2) is 91.5 Å². The molecule has 4 atom stereocenters. The van der Waals surface area contributed by atoms with Crippen LogP contribution in [0.4, 0.5) is 21.0 Å². The van der Waals surface area contributed by atoms with E-state index in [9.17, 15) is 29.8 Å². The first-order chi connectivity index (χ1) is 24.7. The number of methoxy groups -OCH3 is 5. The van der Waals surface area contributed by atoms with Gasteiger partial charge >= 0.3 is 17.9 Å². The highest BCUT2D eigenvalue weighted by molar-refractivity contribution is 5.70. The van der Waals surface area contributed by atoms with E-state index in [1.165, 1.54) is 53.7 Å². The third-order valence-corrected chi connectivity index (χ3v) is 9.36. The maximum atomic E-state index is 12.6. The molecule has 2 aromatic rings. The van der Waals surface area contributed by atoms with Crippen LogP contribution in [0.3, 0.4) is 0 Å². The number of carbonyl (C=O) groups is 2. The average Bonchev–Trinajstić information content (AvgIpc) is 3.11. The zero-order chi connectivity index (χ0) is 38.7. The molecule has 0 spiro atoms. The van der Waals surface area contributed by atoms with Crippen molar-refractivity contribution in [3.05, 3.63) is 49.6 Å². The van der Waals surface area contributed by atoms with Gasteiger partial charge in [0.1, 0.15) is 13.2 Å². The molecule has 52 heavy (non-hydrogen) atoms. The van der Waals surface area contributed by atoms with E-state index in [1.807, 2.05) is 27.7 Å². The lowest BCUT2D eigenvalue weighted by Gasteiger charge is -2.38. The van der Waals surface area contributed by atoms with Gasteiger partial charge in [-0.2, -0.15) is 0 Å². The Bertz CT molecular complexity index is 1570. The van der Waals surface area contributed by atoms with Gasteiger partial charge in [0, 0.05) is 24.2 Å². The summed E-state index contributed by atoms with van der Waals surface area (Å²) in [5, 5.41) is 22.9. The largest absolute Gasteiger partial charge is 0.493 e. The molecule has 288 valence electrons. The maximum absolute atomic E-state index is 12.6. The van der Waals surface area contributed by atoms with E-state index in [0.29, 0.717) is 5.75 Å². The van der Waals surface area contributed by atoms with Crippen LogP contribution in [0.5, 0.6) is 28.7 Å². The molecule has 2 aliphatic heterocycles. The normalized spacial score (nSPS) is 19.7. The highest BCUT2D eigenvalue weighted by atomic mass is 16.6. The molecule has 2 amide bonds. The fourth-order valence-corrected chi connectivity index (χ4v) is 6.69. The third kappa shape index (κ3) is 9.55. The van der Waals surface area contributed by atoms with Crippen LogP contribution in [-0.2, 0) is 22.7 Å². The van der Waals surface area contributed by atoms with Crippen molar-refractivity contribution >= 4 is 23.6 Å². The van der Waals surface area contributed by atoms with Crippen LogP contribution in [0, 0.1) is 20.2 Å². The second-order valence-electron chi connectivity index (χ2n) is 12.7. The lowest BCUT2D eigenvalue weighted by molar-refractivity contribution is -0.386. The van der Waals surface area contributed by atoms with Gasteiger partial charge in [0.15, 0.2) is 17.2 Å². The van der Waals surface area contributed by atoms with E-state index in [-0.39, 0.29) is 82.9 Å². The molecule has 0 bridgehead atoms. The Hall–Kier alpha value is -5.22. The summed E-state index contributed by atoms with van der Waals surface area (Å²) in [4.78, 5) is 50.2. The van der Waals surface area contributed by atoms with E-state index in [4.69, 9.17) is 33.2 Å². The average molecular weight is 735 g/mol. The van der Waals surface area contributed by atoms with Crippen molar-refractivity contribution < 1.29 is 52.6 Å². The van der Waals surface area contributed by atoms with Gasteiger partial charge in [-0.25, -0.2) is 9.59 Å². The second kappa shape index (κ2) is 18.9. The van der Waals surface area contributed by atoms with E-state index in [2.05, 4.69) is 0 Å². The van der Waals surface area contributed by atoms with Crippen LogP contribution in [0.2, 0.25) is 0 Å². The Morgan fingerprint density at radius 1 is 0.615 bits per heavy atom. The molecule has 17 heteroatoms. The molecule has 2 fully saturated rings. The van der Waals surface area contributed by atoms with Gasteiger partial charge in [-0.3, -0.25) is 20.2 Å². The molecule has 2 aliphatic rings. The summed E-state index contributed by atoms with van der Waals surface area (Å²) >= 11 is 0. The van der Waals surface area contributed by atoms with Crippen molar-refractivity contribution in [1.82, 2.24) is 9.80 Å². The molecule has 0 aromatic heterocycles. The van der Waals surface area contributed by atoms with Crippen molar-refractivity contribution in [2.45, 2.75) is 104 Å². The number of rotatable bonds is 11. The topological polar surface area (TPSA) is 192 Å². The molecule has 2 saturated heterocycles. The monoisotopic (exact) mass is 734 g/mol. The first kappa shape index (κ1) is 41.2. The molecule has 0 saturated carbocycles. The van der Waals surface area contributed by atoms with Crippen LogP contribution in [0.15, 0.2) is 18.2 Å². The van der Waals surface area contributed by atoms with Crippen molar-refractivity contribution in [2.75, 3.05) is 35.5 Å². The summed E-state index contributed by atoms with van der Waals surface area (Å²) in [5.41, 5.74) is -0.0682. The smallest absolute Gasteiger partial charge is 0.410 e. The van der Waals surface area contributed by atoms with Crippen molar-refractivity contribution in [1.29, 1.82) is 0 Å². The number of piperidine rings is 2. The lowest BCUT2D eigenvalue weighted by atomic mass is 9.98. The van der Waals surface area contributed by atoms with E-state index in [0.717, 1.165) is 38.5 Å². The molecule has 0 aliphatic carbocycles. The molecule has 2 aromatic carbocycles. The summed E-state index contributed by atoms with van der Waals surface area (Å²) in [7, 11) is 6.92. The fraction of sp³-hybridized carbons (Fsp3) is 0.600. The molecule has 2 heterocycles. The molecule has 4 unspecified atom stereocenters. The second-order valence-corrected chi connectivity index (χ2v) is 12.7. The highest BCUT2D eigenvalue weighted by Crippen LogP contribution is 2.46. The summed E-state index contributed by atoms with van der Waals surface area (Å²) in [5.74, 6) is 0.889. The summed E-state index contributed by atoms with van der Waals surface area (Å²) in [6, 6.07) is 4.48. The quantitative estimate of drug-likeness (QED) is 0.169. The van der Waals surface area contributed by atoms with Gasteiger partial charge in [-0.1, -0.05) is 0 Å². The molecule has 17 nitrogen and oxygen atoms in total. The van der Waals surface area contributed by atoms with Crippen LogP contribution in [0.25, 0.3) is 0 Å². The zero-order valence-electron chi connectivity index (χ0n) is 31.3. The standard InChI is InChI=1S/C18H26N2O7.C17H24N2O6/c1-11-7-6-8-12(2)19(11)18(21)27-10-13-9-14(24-3)16(25-4)17(26-5)15(13)20(22)23;1-11-6-5-7-12(2)18(11)17(20)25-10-13-8-15(23-3)16(24-4)9-14(13)19(21)22/h9,11-12H,6-8,10H2,1-5H3;8-9,11-12H,5-7,10H2,1-4H3. The van der Waals surface area contributed by atoms with Gasteiger partial charge in [-0.05, 0) is 78.4 Å². The number of nitro benzene ring substituents is 2. The van der Waals surface area contributed by atoms with Crippen molar-refractivity contribution in [3.8, 4) is 28.7 Å². The number of likely N-dealkylation sites (tertiary alicyclic amines) is 2. The predicted octanol–water partition coefficient (Wildman–Crippen LogP) is 7.03. The molecular formula is C35H50N4O13. The molecule has 0 radical (unpaired) electrons. The first-order valence-electron chi connectivity index (χ1n) is 17.0. The van der Waals surface area contributed by atoms with Crippen LogP contribution in [0.1, 0.15) is 77.3 Å². The first-order valence-corrected chi connectivity index (χ1v) is 17.0. The van der Waals surface area contributed by atoms with Gasteiger partial charge in [-0.15, -0.1) is 0 Å². The number of nitro groups is 2. The van der Waals surface area contributed by atoms with Crippen LogP contribution >= 0.6 is 0 Å². The van der Waals surface area contributed by atoms with Gasteiger partial charge in [0.2, 0.25) is 11.5 Å². The summed E-state index contributed by atoms with van der Waals surface area (Å²) < 4.78 is 36.6. The zero-order valence-corrected chi connectivity index (χ0v) is 31.3. The number of nitrogens with zero attached hydrogens (tertiary/aromatic N) is 4. The number of ether oxygens (including phenoxy) is 7. The summed E-state index contributed by atoms with van der Waals surface area (Å²) in [6.45, 7) is 7.43. The lowest BCUT2D eigenvalue weighted by Crippen LogP contribution is -2.47. The number of hydrogen-bond acceptors (Lipinski definition) is 13. The Kier molecular flexibility index (Phi) is 14.9. The van der Waals surface area contributed by atoms with Crippen molar-refractivity contribution in [2.24, 2.45) is 0 Å². The predicted molar refractivity (Wildman–Crippen MR) is 189 cm³/mol. The maximum Gasteiger partial charge on any atom is 0.410 e. The Morgan fingerprint density at radius 2 is 1.02 bits per heavy atom. The van der Waals surface area contributed by atoms with Crippen LogP contribution < -0.4 is 23.7 Å². The van der Waals surface area contributed by atoms with Crippen molar-refractivity contribution in [3.63, 3.8) is 0 Å².